The van der Waals surface area contributed by atoms with Gasteiger partial charge in [-0.3, -0.25) is 0 Å². The lowest BCUT2D eigenvalue weighted by atomic mass is 10.1. The maximum absolute atomic E-state index is 4.59. The van der Waals surface area contributed by atoms with Gasteiger partial charge in [0.05, 0.1) is 28.0 Å². The first-order valence-electron chi connectivity index (χ1n) is 7.27. The monoisotopic (exact) mass is 321 g/mol. The second-order valence-electron chi connectivity index (χ2n) is 5.22. The highest BCUT2D eigenvalue weighted by atomic mass is 32.1. The maximum Gasteiger partial charge on any atom is 0.137 e. The van der Waals surface area contributed by atoms with Gasteiger partial charge >= 0.3 is 0 Å². The van der Waals surface area contributed by atoms with Crippen molar-refractivity contribution in [2.75, 3.05) is 12.4 Å². The molecule has 0 aliphatic heterocycles. The number of fused-ring (bicyclic) bond motifs is 1. The summed E-state index contributed by atoms with van der Waals surface area (Å²) in [5, 5.41) is 4.16. The Balaban J connectivity index is 1.94. The minimum absolute atomic E-state index is 0.848. The molecule has 0 radical (unpaired) electrons. The van der Waals surface area contributed by atoms with Crippen molar-refractivity contribution in [2.24, 2.45) is 7.05 Å². The second-order valence-corrected chi connectivity index (χ2v) is 6.25. The average Bonchev–Trinajstić information content (AvgIpc) is 3.18. The molecule has 0 bridgehead atoms. The third-order valence-electron chi connectivity index (χ3n) is 3.78. The lowest BCUT2D eigenvalue weighted by Crippen LogP contribution is -1.92. The molecule has 5 nitrogen and oxygen atoms in total. The SMILES string of the molecule is CNc1ncnc2sc(-c3c(-c4ccccc4)ncn3C)cc12. The van der Waals surface area contributed by atoms with Gasteiger partial charge in [-0.15, -0.1) is 11.3 Å². The second kappa shape index (κ2) is 5.48. The first-order valence-corrected chi connectivity index (χ1v) is 8.09. The summed E-state index contributed by atoms with van der Waals surface area (Å²) in [6.07, 6.45) is 3.45. The van der Waals surface area contributed by atoms with E-state index in [2.05, 4.69) is 43.0 Å². The summed E-state index contributed by atoms with van der Waals surface area (Å²) in [6, 6.07) is 12.4. The van der Waals surface area contributed by atoms with E-state index in [-0.39, 0.29) is 0 Å². The van der Waals surface area contributed by atoms with E-state index in [1.54, 1.807) is 17.7 Å². The molecule has 1 N–H and O–H groups in total. The third kappa shape index (κ3) is 2.27. The minimum Gasteiger partial charge on any atom is -0.373 e. The highest BCUT2D eigenvalue weighted by Crippen LogP contribution is 2.38. The number of hydrogen-bond donors (Lipinski definition) is 1. The predicted octanol–water partition coefficient (Wildman–Crippen LogP) is 3.80. The molecule has 0 amide bonds. The minimum atomic E-state index is 0.848. The largest absolute Gasteiger partial charge is 0.373 e. The van der Waals surface area contributed by atoms with Gasteiger partial charge in [0.25, 0.3) is 0 Å². The van der Waals surface area contributed by atoms with Crippen LogP contribution in [-0.2, 0) is 7.05 Å². The van der Waals surface area contributed by atoms with Crippen LogP contribution >= 0.6 is 11.3 Å². The number of benzene rings is 1. The van der Waals surface area contributed by atoms with E-state index in [0.29, 0.717) is 0 Å². The number of nitrogens with one attached hydrogen (secondary N) is 1. The van der Waals surface area contributed by atoms with Crippen LogP contribution in [0.2, 0.25) is 0 Å². The fourth-order valence-electron chi connectivity index (χ4n) is 2.70. The summed E-state index contributed by atoms with van der Waals surface area (Å²) < 4.78 is 2.06. The Morgan fingerprint density at radius 1 is 1.09 bits per heavy atom. The molecule has 0 spiro atoms. The number of nitrogens with zero attached hydrogens (tertiary/aromatic N) is 4. The van der Waals surface area contributed by atoms with E-state index < -0.39 is 0 Å². The Hall–Kier alpha value is -2.73. The van der Waals surface area contributed by atoms with E-state index in [4.69, 9.17) is 0 Å². The Morgan fingerprint density at radius 3 is 2.70 bits per heavy atom. The van der Waals surface area contributed by atoms with Crippen molar-refractivity contribution in [2.45, 2.75) is 0 Å². The summed E-state index contributed by atoms with van der Waals surface area (Å²) in [4.78, 5) is 15.4. The van der Waals surface area contributed by atoms with Crippen LogP contribution in [0.4, 0.5) is 5.82 Å². The van der Waals surface area contributed by atoms with Crippen LogP contribution in [-0.4, -0.2) is 26.6 Å². The van der Waals surface area contributed by atoms with Gasteiger partial charge in [0.15, 0.2) is 0 Å². The van der Waals surface area contributed by atoms with E-state index in [9.17, 15) is 0 Å². The van der Waals surface area contributed by atoms with E-state index in [1.165, 1.54) is 0 Å². The molecule has 6 heteroatoms. The fourth-order valence-corrected chi connectivity index (χ4v) is 3.79. The van der Waals surface area contributed by atoms with Gasteiger partial charge in [0.2, 0.25) is 0 Å². The molecule has 0 unspecified atom stereocenters. The number of thiophene rings is 1. The summed E-state index contributed by atoms with van der Waals surface area (Å²) in [7, 11) is 3.89. The van der Waals surface area contributed by atoms with Gasteiger partial charge in [-0.1, -0.05) is 30.3 Å². The van der Waals surface area contributed by atoms with Crippen LogP contribution in [0.25, 0.3) is 32.0 Å². The lowest BCUT2D eigenvalue weighted by Gasteiger charge is -2.03. The normalized spacial score (nSPS) is 11.0. The molecule has 3 heterocycles. The molecule has 0 aliphatic carbocycles. The first-order chi connectivity index (χ1) is 11.3. The van der Waals surface area contributed by atoms with Crippen molar-refractivity contribution < 1.29 is 0 Å². The third-order valence-corrected chi connectivity index (χ3v) is 4.83. The topological polar surface area (TPSA) is 55.6 Å². The number of anilines is 1. The Bertz CT molecular complexity index is 971. The number of aromatic nitrogens is 4. The van der Waals surface area contributed by atoms with Gasteiger partial charge < -0.3 is 9.88 Å². The predicted molar refractivity (Wildman–Crippen MR) is 94.6 cm³/mol. The van der Waals surface area contributed by atoms with Crippen LogP contribution in [0.15, 0.2) is 49.1 Å². The van der Waals surface area contributed by atoms with Crippen molar-refractivity contribution in [3.05, 3.63) is 49.1 Å². The molecule has 4 aromatic rings. The zero-order valence-corrected chi connectivity index (χ0v) is 13.6. The molecule has 4 rings (SSSR count). The molecule has 0 saturated heterocycles. The van der Waals surface area contributed by atoms with Crippen molar-refractivity contribution in [1.29, 1.82) is 0 Å². The number of aryl methyl sites for hydroxylation is 1. The van der Waals surface area contributed by atoms with E-state index in [1.807, 2.05) is 38.6 Å². The summed E-state index contributed by atoms with van der Waals surface area (Å²) in [5.74, 6) is 0.848. The highest BCUT2D eigenvalue weighted by molar-refractivity contribution is 7.21. The molecule has 0 saturated carbocycles. The van der Waals surface area contributed by atoms with Crippen molar-refractivity contribution in [3.63, 3.8) is 0 Å². The van der Waals surface area contributed by atoms with Crippen LogP contribution in [0, 0.1) is 0 Å². The molecule has 0 atom stereocenters. The molecule has 23 heavy (non-hydrogen) atoms. The Labute approximate surface area is 137 Å². The maximum atomic E-state index is 4.59. The lowest BCUT2D eigenvalue weighted by molar-refractivity contribution is 0.923. The molecular formula is C17H15N5S. The molecule has 114 valence electrons. The molecule has 1 aromatic carbocycles. The van der Waals surface area contributed by atoms with Crippen LogP contribution < -0.4 is 5.32 Å². The van der Waals surface area contributed by atoms with Crippen molar-refractivity contribution in [3.8, 4) is 21.8 Å². The average molecular weight is 321 g/mol. The number of rotatable bonds is 3. The van der Waals surface area contributed by atoms with Gasteiger partial charge in [0.1, 0.15) is 17.0 Å². The quantitative estimate of drug-likeness (QED) is 0.623. The smallest absolute Gasteiger partial charge is 0.137 e. The fraction of sp³-hybridized carbons (Fsp3) is 0.118. The zero-order chi connectivity index (χ0) is 15.8. The number of hydrogen-bond acceptors (Lipinski definition) is 5. The molecule has 0 aliphatic rings. The van der Waals surface area contributed by atoms with Gasteiger partial charge in [0, 0.05) is 19.7 Å². The van der Waals surface area contributed by atoms with Gasteiger partial charge in [-0.05, 0) is 6.07 Å². The van der Waals surface area contributed by atoms with Gasteiger partial charge in [-0.2, -0.15) is 0 Å². The summed E-state index contributed by atoms with van der Waals surface area (Å²) in [6.45, 7) is 0. The van der Waals surface area contributed by atoms with Gasteiger partial charge in [-0.25, -0.2) is 15.0 Å². The molecule has 0 fully saturated rings. The zero-order valence-electron chi connectivity index (χ0n) is 12.8. The van der Waals surface area contributed by atoms with Crippen molar-refractivity contribution in [1.82, 2.24) is 19.5 Å². The number of imidazole rings is 1. The Morgan fingerprint density at radius 2 is 1.91 bits per heavy atom. The van der Waals surface area contributed by atoms with Crippen LogP contribution in [0.5, 0.6) is 0 Å². The first kappa shape index (κ1) is 13.9. The van der Waals surface area contributed by atoms with E-state index >= 15 is 0 Å². The standard InChI is InChI=1S/C17H15N5S/c1-18-16-12-8-13(23-17(12)20-9-19-16)15-14(21-10-22(15)2)11-6-4-3-5-7-11/h3-10H,1-2H3,(H,18,19,20). The summed E-state index contributed by atoms with van der Waals surface area (Å²) in [5.41, 5.74) is 3.19. The Kier molecular flexibility index (Phi) is 3.31. The molecular weight excluding hydrogens is 306 g/mol. The van der Waals surface area contributed by atoms with E-state index in [0.717, 1.165) is 37.9 Å². The highest BCUT2D eigenvalue weighted by Gasteiger charge is 2.17. The van der Waals surface area contributed by atoms with Crippen molar-refractivity contribution >= 4 is 27.4 Å². The molecule has 3 aromatic heterocycles. The van der Waals surface area contributed by atoms with Crippen LogP contribution in [0.3, 0.4) is 0 Å². The van der Waals surface area contributed by atoms with Crippen LogP contribution in [0.1, 0.15) is 0 Å². The summed E-state index contributed by atoms with van der Waals surface area (Å²) >= 11 is 1.66.